The van der Waals surface area contributed by atoms with Gasteiger partial charge in [-0.3, -0.25) is 9.59 Å². The molecule has 7 nitrogen and oxygen atoms in total. The van der Waals surface area contributed by atoms with E-state index in [9.17, 15) is 9.59 Å². The van der Waals surface area contributed by atoms with Crippen molar-refractivity contribution in [3.8, 4) is 5.75 Å². The van der Waals surface area contributed by atoms with E-state index in [2.05, 4.69) is 5.32 Å². The molecule has 6 N–H and O–H groups in total. The fourth-order valence-electron chi connectivity index (χ4n) is 1.71. The number of carbonyl (C=O) groups is 2. The van der Waals surface area contributed by atoms with E-state index in [0.717, 1.165) is 11.3 Å². The molecule has 0 bridgehead atoms. The number of aromatic hydroxyl groups is 1. The maximum absolute atomic E-state index is 10.4. The van der Waals surface area contributed by atoms with Crippen LogP contribution in [-0.2, 0) is 16.0 Å². The van der Waals surface area contributed by atoms with Gasteiger partial charge in [-0.15, -0.1) is 0 Å². The number of carboxylic acid groups (broad SMARTS) is 2. The van der Waals surface area contributed by atoms with Gasteiger partial charge in [-0.05, 0) is 36.2 Å². The lowest BCUT2D eigenvalue weighted by atomic mass is 10.1. The molecule has 0 radical (unpaired) electrons. The first kappa shape index (κ1) is 19.0. The van der Waals surface area contributed by atoms with E-state index in [1.165, 1.54) is 12.1 Å². The maximum atomic E-state index is 10.4. The molecule has 0 aliphatic heterocycles. The van der Waals surface area contributed by atoms with Gasteiger partial charge in [0.2, 0.25) is 0 Å². The highest BCUT2D eigenvalue weighted by atomic mass is 16.4. The number of aliphatic carboxylic acids is 2. The normalized spacial score (nSPS) is 10.9. The smallest absolute Gasteiger partial charge is 0.322 e. The van der Waals surface area contributed by atoms with E-state index >= 15 is 0 Å². The number of hydrogen-bond donors (Lipinski definition) is 5. The lowest BCUT2D eigenvalue weighted by molar-refractivity contribution is -0.138. The van der Waals surface area contributed by atoms with Gasteiger partial charge in [-0.2, -0.15) is 0 Å². The third-order valence-electron chi connectivity index (χ3n) is 2.93. The Balaban J connectivity index is 0.000000243. The molecule has 0 spiro atoms. The van der Waals surface area contributed by atoms with Crippen molar-refractivity contribution < 1.29 is 24.9 Å². The Bertz CT molecular complexity index is 644. The van der Waals surface area contributed by atoms with E-state index in [0.29, 0.717) is 0 Å². The number of phenolic OH excluding ortho intramolecular Hbond substituents is 1. The van der Waals surface area contributed by atoms with Crippen LogP contribution in [0.25, 0.3) is 0 Å². The fourth-order valence-corrected chi connectivity index (χ4v) is 1.71. The van der Waals surface area contributed by atoms with Crippen LogP contribution < -0.4 is 11.1 Å². The van der Waals surface area contributed by atoms with E-state index < -0.39 is 18.0 Å². The van der Waals surface area contributed by atoms with Crippen LogP contribution in [-0.4, -0.2) is 39.8 Å². The first-order chi connectivity index (χ1) is 11.4. The zero-order valence-corrected chi connectivity index (χ0v) is 12.9. The zero-order valence-electron chi connectivity index (χ0n) is 12.9. The van der Waals surface area contributed by atoms with Crippen molar-refractivity contribution in [1.82, 2.24) is 0 Å². The van der Waals surface area contributed by atoms with Gasteiger partial charge in [0.15, 0.2) is 0 Å². The number of carboxylic acids is 2. The second-order valence-corrected chi connectivity index (χ2v) is 4.93. The van der Waals surface area contributed by atoms with Crippen LogP contribution >= 0.6 is 0 Å². The highest BCUT2D eigenvalue weighted by molar-refractivity contribution is 5.73. The number of hydrogen-bond acceptors (Lipinski definition) is 5. The molecule has 2 aromatic carbocycles. The molecule has 1 unspecified atom stereocenters. The molecule has 0 saturated heterocycles. The Hall–Kier alpha value is -3.06. The summed E-state index contributed by atoms with van der Waals surface area (Å²) in [6.45, 7) is -0.0377. The molecule has 24 heavy (non-hydrogen) atoms. The van der Waals surface area contributed by atoms with Gasteiger partial charge in [0, 0.05) is 5.69 Å². The average Bonchev–Trinajstić information content (AvgIpc) is 2.56. The molecule has 128 valence electrons. The van der Waals surface area contributed by atoms with E-state index in [1.54, 1.807) is 12.1 Å². The molecule has 1 atom stereocenters. The van der Waals surface area contributed by atoms with Crippen LogP contribution in [0.1, 0.15) is 5.56 Å². The first-order valence-corrected chi connectivity index (χ1v) is 7.15. The Kier molecular flexibility index (Phi) is 7.80. The summed E-state index contributed by atoms with van der Waals surface area (Å²) in [6.07, 6.45) is 0.273. The Morgan fingerprint density at radius 3 is 2.08 bits per heavy atom. The van der Waals surface area contributed by atoms with Gasteiger partial charge in [0.25, 0.3) is 0 Å². The molecule has 0 amide bonds. The van der Waals surface area contributed by atoms with Crippen molar-refractivity contribution in [2.75, 3.05) is 11.9 Å². The van der Waals surface area contributed by atoms with Crippen LogP contribution in [0.2, 0.25) is 0 Å². The molecule has 0 aromatic heterocycles. The second-order valence-electron chi connectivity index (χ2n) is 4.93. The zero-order chi connectivity index (χ0) is 17.9. The number of phenols is 1. The summed E-state index contributed by atoms with van der Waals surface area (Å²) >= 11 is 0. The van der Waals surface area contributed by atoms with E-state index in [1.807, 2.05) is 30.3 Å². The predicted octanol–water partition coefficient (Wildman–Crippen LogP) is 1.53. The monoisotopic (exact) mass is 332 g/mol. The van der Waals surface area contributed by atoms with Gasteiger partial charge in [-0.25, -0.2) is 0 Å². The molecule has 2 rings (SSSR count). The summed E-state index contributed by atoms with van der Waals surface area (Å²) < 4.78 is 0. The molecule has 0 fully saturated rings. The quantitative estimate of drug-likeness (QED) is 0.541. The van der Waals surface area contributed by atoms with Crippen molar-refractivity contribution >= 4 is 17.6 Å². The summed E-state index contributed by atoms with van der Waals surface area (Å²) in [5, 5.41) is 28.5. The van der Waals surface area contributed by atoms with Crippen molar-refractivity contribution in [3.63, 3.8) is 0 Å². The van der Waals surface area contributed by atoms with Gasteiger partial charge in [-0.1, -0.05) is 30.3 Å². The highest BCUT2D eigenvalue weighted by Crippen LogP contribution is 2.10. The third kappa shape index (κ3) is 7.81. The lowest BCUT2D eigenvalue weighted by Gasteiger charge is -2.05. The van der Waals surface area contributed by atoms with E-state index in [-0.39, 0.29) is 18.7 Å². The Morgan fingerprint density at radius 1 is 1.00 bits per heavy atom. The topological polar surface area (TPSA) is 133 Å². The third-order valence-corrected chi connectivity index (χ3v) is 2.93. The van der Waals surface area contributed by atoms with Crippen molar-refractivity contribution in [3.05, 3.63) is 60.2 Å². The molecule has 0 aliphatic rings. The molecule has 2 aromatic rings. The first-order valence-electron chi connectivity index (χ1n) is 7.15. The molecule has 7 heteroatoms. The summed E-state index contributed by atoms with van der Waals surface area (Å²) in [6, 6.07) is 14.7. The molecular weight excluding hydrogens is 312 g/mol. The number of nitrogens with two attached hydrogens (primary N) is 1. The van der Waals surface area contributed by atoms with Crippen molar-refractivity contribution in [2.24, 2.45) is 5.73 Å². The number of nitrogens with one attached hydrogen (secondary N) is 1. The lowest BCUT2D eigenvalue weighted by Crippen LogP contribution is -2.32. The Labute approximate surface area is 139 Å². The van der Waals surface area contributed by atoms with Crippen LogP contribution in [0.15, 0.2) is 54.6 Å². The van der Waals surface area contributed by atoms with E-state index in [4.69, 9.17) is 21.1 Å². The summed E-state index contributed by atoms with van der Waals surface area (Å²) in [5.74, 6) is -1.71. The standard InChI is InChI=1S/C9H11NO3.C8H9NO2/c10-8(9(12)13)5-6-1-3-7(11)4-2-6;10-8(11)6-9-7-4-2-1-3-5-7/h1-4,8,11H,5,10H2,(H,12,13);1-5,9H,6H2,(H,10,11). The minimum absolute atomic E-state index is 0.0377. The number of rotatable bonds is 6. The summed E-state index contributed by atoms with van der Waals surface area (Å²) in [4.78, 5) is 20.5. The molecule has 0 aliphatic carbocycles. The molecule has 0 saturated carbocycles. The second kappa shape index (κ2) is 9.86. The summed E-state index contributed by atoms with van der Waals surface area (Å²) in [7, 11) is 0. The minimum atomic E-state index is -1.02. The van der Waals surface area contributed by atoms with Gasteiger partial charge in [0.05, 0.1) is 0 Å². The maximum Gasteiger partial charge on any atom is 0.322 e. The van der Waals surface area contributed by atoms with Gasteiger partial charge < -0.3 is 26.4 Å². The number of para-hydroxylation sites is 1. The van der Waals surface area contributed by atoms with Crippen LogP contribution in [0.5, 0.6) is 5.75 Å². The Morgan fingerprint density at radius 2 is 1.58 bits per heavy atom. The van der Waals surface area contributed by atoms with Crippen LogP contribution in [0, 0.1) is 0 Å². The molecule has 0 heterocycles. The predicted molar refractivity (Wildman–Crippen MR) is 90.0 cm³/mol. The number of benzene rings is 2. The minimum Gasteiger partial charge on any atom is -0.508 e. The average molecular weight is 332 g/mol. The molecular formula is C17H20N2O5. The number of anilines is 1. The van der Waals surface area contributed by atoms with Crippen LogP contribution in [0.4, 0.5) is 5.69 Å². The van der Waals surface area contributed by atoms with Gasteiger partial charge >= 0.3 is 11.9 Å². The fraction of sp³-hybridized carbons (Fsp3) is 0.176. The largest absolute Gasteiger partial charge is 0.508 e. The highest BCUT2D eigenvalue weighted by Gasteiger charge is 2.11. The SMILES string of the molecule is NC(Cc1ccc(O)cc1)C(=O)O.O=C(O)CNc1ccccc1. The summed E-state index contributed by atoms with van der Waals surface area (Å²) in [5.41, 5.74) is 6.95. The van der Waals surface area contributed by atoms with Gasteiger partial charge in [0.1, 0.15) is 18.3 Å². The van der Waals surface area contributed by atoms with Crippen molar-refractivity contribution in [1.29, 1.82) is 0 Å². The van der Waals surface area contributed by atoms with Crippen molar-refractivity contribution in [2.45, 2.75) is 12.5 Å². The van der Waals surface area contributed by atoms with Crippen LogP contribution in [0.3, 0.4) is 0 Å².